The van der Waals surface area contributed by atoms with Crippen molar-refractivity contribution in [2.75, 3.05) is 0 Å². The Hall–Kier alpha value is -5.48. The van der Waals surface area contributed by atoms with Crippen molar-refractivity contribution in [1.82, 2.24) is 0 Å². The molecule has 0 N–H and O–H groups in total. The molecule has 43 heavy (non-hydrogen) atoms. The van der Waals surface area contributed by atoms with Crippen molar-refractivity contribution in [2.45, 2.75) is 20.8 Å². The van der Waals surface area contributed by atoms with Crippen LogP contribution in [0.1, 0.15) is 52.8 Å². The number of rotatable bonds is 10. The van der Waals surface area contributed by atoms with Gasteiger partial charge in [0.05, 0.1) is 0 Å². The summed E-state index contributed by atoms with van der Waals surface area (Å²) in [6.45, 7) is 12.5. The largest absolute Gasteiger partial charge is 0.423 e. The zero-order valence-electron chi connectivity index (χ0n) is 24.7. The Labute approximate surface area is 253 Å². The maximum atomic E-state index is 11.7. The van der Waals surface area contributed by atoms with Gasteiger partial charge in [0.25, 0.3) is 0 Å². The number of aryl methyl sites for hydroxylation is 1. The van der Waals surface area contributed by atoms with Gasteiger partial charge in [0, 0.05) is 11.1 Å². The number of carbonyl (C=O) groups is 2. The Morgan fingerprint density at radius 3 is 1.21 bits per heavy atom. The van der Waals surface area contributed by atoms with E-state index in [4.69, 9.17) is 9.47 Å². The van der Waals surface area contributed by atoms with E-state index in [0.29, 0.717) is 22.6 Å². The third-order valence-corrected chi connectivity index (χ3v) is 6.50. The third kappa shape index (κ3) is 9.27. The Bertz CT molecular complexity index is 1720. The predicted octanol–water partition coefficient (Wildman–Crippen LogP) is 9.47. The fourth-order valence-corrected chi connectivity index (χ4v) is 3.96. The second-order valence-corrected chi connectivity index (χ2v) is 10.3. The maximum Gasteiger partial charge on any atom is 0.338 e. The highest BCUT2D eigenvalue weighted by Crippen LogP contribution is 2.20. The monoisotopic (exact) mass is 566 g/mol. The van der Waals surface area contributed by atoms with Crippen LogP contribution in [0, 0.1) is 6.92 Å². The van der Waals surface area contributed by atoms with Gasteiger partial charge in [-0.05, 0) is 84.0 Å². The fourth-order valence-electron chi connectivity index (χ4n) is 3.96. The summed E-state index contributed by atoms with van der Waals surface area (Å²) < 4.78 is 10.5. The summed E-state index contributed by atoms with van der Waals surface area (Å²) in [7, 11) is 0. The van der Waals surface area contributed by atoms with Gasteiger partial charge in [0.1, 0.15) is 11.5 Å². The minimum absolute atomic E-state index is 0.366. The summed E-state index contributed by atoms with van der Waals surface area (Å²) in [5.41, 5.74) is 8.39. The molecule has 0 amide bonds. The van der Waals surface area contributed by atoms with E-state index in [1.54, 1.807) is 38.1 Å². The minimum atomic E-state index is -0.428. The molecule has 4 aromatic carbocycles. The molecule has 4 aromatic rings. The Kier molecular flexibility index (Phi) is 10.2. The van der Waals surface area contributed by atoms with E-state index in [1.165, 1.54) is 5.56 Å². The van der Waals surface area contributed by atoms with Crippen molar-refractivity contribution in [3.8, 4) is 11.5 Å². The van der Waals surface area contributed by atoms with E-state index in [-0.39, 0.29) is 0 Å². The van der Waals surface area contributed by atoms with Gasteiger partial charge in [0.15, 0.2) is 0 Å². The molecule has 0 saturated heterocycles. The Morgan fingerprint density at radius 1 is 0.512 bits per heavy atom. The van der Waals surface area contributed by atoms with E-state index >= 15 is 0 Å². The van der Waals surface area contributed by atoms with E-state index in [2.05, 4.69) is 80.8 Å². The van der Waals surface area contributed by atoms with E-state index in [9.17, 15) is 9.59 Å². The van der Waals surface area contributed by atoms with E-state index in [0.717, 1.165) is 33.4 Å². The van der Waals surface area contributed by atoms with Gasteiger partial charge in [-0.1, -0.05) is 116 Å². The standard InChI is InChI=1S/C39H34O4/c1-27(2)38(40)42-36-22-16-32(17-23-36)11-8-30-6-9-31(10-7-30)14-20-35-21-15-34(26-29(35)5)13-12-33-18-24-37(25-19-33)43-39(41)28(3)4/h6-26H,1,3H2,2,4-5H3. The first-order chi connectivity index (χ1) is 20.7. The number of esters is 2. The molecule has 0 aromatic heterocycles. The van der Waals surface area contributed by atoms with Crippen LogP contribution in [-0.4, -0.2) is 11.9 Å². The molecule has 0 aliphatic rings. The van der Waals surface area contributed by atoms with E-state index < -0.39 is 11.9 Å². The summed E-state index contributed by atoms with van der Waals surface area (Å²) in [6, 6.07) is 29.4. The highest BCUT2D eigenvalue weighted by Gasteiger charge is 2.05. The summed E-state index contributed by atoms with van der Waals surface area (Å²) in [5.74, 6) is 0.136. The molecule has 0 radical (unpaired) electrons. The van der Waals surface area contributed by atoms with Crippen molar-refractivity contribution in [3.63, 3.8) is 0 Å². The second kappa shape index (κ2) is 14.4. The molecule has 0 saturated carbocycles. The van der Waals surface area contributed by atoms with Crippen LogP contribution in [0.25, 0.3) is 36.5 Å². The van der Waals surface area contributed by atoms with Crippen molar-refractivity contribution in [1.29, 1.82) is 0 Å². The molecule has 0 bridgehead atoms. The molecule has 0 fully saturated rings. The highest BCUT2D eigenvalue weighted by molar-refractivity contribution is 5.89. The summed E-state index contributed by atoms with van der Waals surface area (Å²) in [5, 5.41) is 0. The van der Waals surface area contributed by atoms with Gasteiger partial charge >= 0.3 is 11.9 Å². The molecule has 214 valence electrons. The molecule has 4 nitrogen and oxygen atoms in total. The van der Waals surface area contributed by atoms with E-state index in [1.807, 2.05) is 42.5 Å². The van der Waals surface area contributed by atoms with Crippen molar-refractivity contribution in [2.24, 2.45) is 0 Å². The van der Waals surface area contributed by atoms with Crippen LogP contribution in [0.2, 0.25) is 0 Å². The van der Waals surface area contributed by atoms with Gasteiger partial charge in [0.2, 0.25) is 0 Å². The van der Waals surface area contributed by atoms with Gasteiger partial charge in [-0.3, -0.25) is 0 Å². The number of carbonyl (C=O) groups excluding carboxylic acids is 2. The average molecular weight is 567 g/mol. The Balaban J connectivity index is 1.32. The van der Waals surface area contributed by atoms with Crippen LogP contribution >= 0.6 is 0 Å². The molecule has 0 aliphatic carbocycles. The minimum Gasteiger partial charge on any atom is -0.423 e. The molecule has 4 rings (SSSR count). The number of hydrogen-bond donors (Lipinski definition) is 0. The van der Waals surface area contributed by atoms with Crippen LogP contribution in [0.4, 0.5) is 0 Å². The Morgan fingerprint density at radius 2 is 0.837 bits per heavy atom. The SMILES string of the molecule is C=C(C)C(=O)Oc1ccc(C=Cc2ccc(C=Cc3ccc(C=Cc4ccc(OC(=O)C(=C)C)cc4)cc3C)cc2)cc1. The second-order valence-electron chi connectivity index (χ2n) is 10.3. The lowest BCUT2D eigenvalue weighted by molar-refractivity contribution is -0.130. The smallest absolute Gasteiger partial charge is 0.338 e. The molecular formula is C39H34O4. The molecule has 0 aliphatic heterocycles. The summed E-state index contributed by atoms with van der Waals surface area (Å²) >= 11 is 0. The molecule has 4 heteroatoms. The van der Waals surface area contributed by atoms with Gasteiger partial charge in [-0.2, -0.15) is 0 Å². The van der Waals surface area contributed by atoms with Crippen molar-refractivity contribution >= 4 is 48.4 Å². The lowest BCUT2D eigenvalue weighted by Crippen LogP contribution is -2.07. The highest BCUT2D eigenvalue weighted by atomic mass is 16.5. The third-order valence-electron chi connectivity index (χ3n) is 6.50. The predicted molar refractivity (Wildman–Crippen MR) is 178 cm³/mol. The molecular weight excluding hydrogens is 532 g/mol. The number of hydrogen-bond acceptors (Lipinski definition) is 4. The van der Waals surface area contributed by atoms with Crippen LogP contribution in [0.3, 0.4) is 0 Å². The van der Waals surface area contributed by atoms with Gasteiger partial charge in [-0.15, -0.1) is 0 Å². The molecule has 0 atom stereocenters. The van der Waals surface area contributed by atoms with Crippen molar-refractivity contribution in [3.05, 3.63) is 154 Å². The van der Waals surface area contributed by atoms with Crippen LogP contribution in [0.15, 0.2) is 115 Å². The lowest BCUT2D eigenvalue weighted by Gasteiger charge is -2.04. The van der Waals surface area contributed by atoms with Crippen molar-refractivity contribution < 1.29 is 19.1 Å². The number of benzene rings is 4. The first-order valence-corrected chi connectivity index (χ1v) is 13.9. The topological polar surface area (TPSA) is 52.6 Å². The van der Waals surface area contributed by atoms with Gasteiger partial charge < -0.3 is 9.47 Å². The zero-order valence-corrected chi connectivity index (χ0v) is 24.7. The normalized spacial score (nSPS) is 11.2. The molecule has 0 spiro atoms. The first kappa shape index (κ1) is 30.5. The summed E-state index contributed by atoms with van der Waals surface area (Å²) in [6.07, 6.45) is 12.4. The van der Waals surface area contributed by atoms with Crippen LogP contribution < -0.4 is 9.47 Å². The molecule has 0 heterocycles. The van der Waals surface area contributed by atoms with Crippen LogP contribution in [0.5, 0.6) is 11.5 Å². The zero-order chi connectivity index (χ0) is 30.8. The first-order valence-electron chi connectivity index (χ1n) is 13.9. The molecule has 0 unspecified atom stereocenters. The van der Waals surface area contributed by atoms with Crippen LogP contribution in [-0.2, 0) is 9.59 Å². The summed E-state index contributed by atoms with van der Waals surface area (Å²) in [4.78, 5) is 23.3. The fraction of sp³-hybridized carbons (Fsp3) is 0.0769. The maximum absolute atomic E-state index is 11.7. The average Bonchev–Trinajstić information content (AvgIpc) is 3.00. The lowest BCUT2D eigenvalue weighted by atomic mass is 10.0. The van der Waals surface area contributed by atoms with Gasteiger partial charge in [-0.25, -0.2) is 9.59 Å². The quantitative estimate of drug-likeness (QED) is 0.0830. The number of ether oxygens (including phenoxy) is 2.